The van der Waals surface area contributed by atoms with E-state index in [9.17, 15) is 43.5 Å². The Hall–Kier alpha value is -3.59. The van der Waals surface area contributed by atoms with Crippen LogP contribution in [0.3, 0.4) is 0 Å². The maximum Gasteiger partial charge on any atom is 0.416 e. The average molecular weight is 610 g/mol. The second-order valence-corrected chi connectivity index (χ2v) is 10.7. The van der Waals surface area contributed by atoms with E-state index in [1.807, 2.05) is 0 Å². The highest BCUT2D eigenvalue weighted by molar-refractivity contribution is 7.87. The van der Waals surface area contributed by atoms with Crippen molar-refractivity contribution < 1.29 is 61.9 Å². The van der Waals surface area contributed by atoms with Crippen molar-refractivity contribution in [3.63, 3.8) is 0 Å². The fourth-order valence-electron chi connectivity index (χ4n) is 4.55. The van der Waals surface area contributed by atoms with Gasteiger partial charge in [0.05, 0.1) is 25.4 Å². The first-order valence-corrected chi connectivity index (χ1v) is 13.4. The van der Waals surface area contributed by atoms with Crippen molar-refractivity contribution in [2.45, 2.75) is 35.9 Å². The van der Waals surface area contributed by atoms with E-state index < -0.39 is 73.6 Å². The summed E-state index contributed by atoms with van der Waals surface area (Å²) >= 11 is 0. The fourth-order valence-corrected chi connectivity index (χ4v) is 5.50. The van der Waals surface area contributed by atoms with E-state index in [1.165, 1.54) is 12.1 Å². The summed E-state index contributed by atoms with van der Waals surface area (Å²) < 4.78 is 155. The zero-order chi connectivity index (χ0) is 29.7. The van der Waals surface area contributed by atoms with E-state index >= 15 is 0 Å². The molecule has 0 spiro atoms. The number of alkyl halides is 3. The second kappa shape index (κ2) is 10.7. The molecule has 2 heterocycles. The Morgan fingerprint density at radius 2 is 1.46 bits per heavy atom. The molecule has 5 rings (SSSR count). The van der Waals surface area contributed by atoms with Crippen LogP contribution in [0.2, 0.25) is 0 Å². The van der Waals surface area contributed by atoms with E-state index in [4.69, 9.17) is 14.2 Å². The summed E-state index contributed by atoms with van der Waals surface area (Å²) in [5.74, 6) is -15.0. The Morgan fingerprint density at radius 3 is 2.10 bits per heavy atom. The van der Waals surface area contributed by atoms with Gasteiger partial charge < -0.3 is 18.4 Å². The number of hydrogen-bond acceptors (Lipinski definition) is 6. The number of rotatable bonds is 6. The third-order valence-electron chi connectivity index (χ3n) is 6.57. The van der Waals surface area contributed by atoms with Gasteiger partial charge in [-0.3, -0.25) is 0 Å². The lowest BCUT2D eigenvalue weighted by Gasteiger charge is -2.29. The SMILES string of the molecule is O=S(=O)(Oc1c(F)c(F)c(F)c(F)c1F)c1ccc2c(c1)OCCC2c1ccc(C(F)(F)F)cc1OC1CCOC1. The molecule has 41 heavy (non-hydrogen) atoms. The first-order valence-electron chi connectivity index (χ1n) is 12.0. The van der Waals surface area contributed by atoms with Gasteiger partial charge in [0.2, 0.25) is 34.8 Å². The van der Waals surface area contributed by atoms with Gasteiger partial charge in [-0.25, -0.2) is 13.2 Å². The lowest BCUT2D eigenvalue weighted by atomic mass is 9.85. The number of hydrogen-bond donors (Lipinski definition) is 0. The predicted molar refractivity (Wildman–Crippen MR) is 124 cm³/mol. The molecule has 0 N–H and O–H groups in total. The molecule has 0 aromatic heterocycles. The summed E-state index contributed by atoms with van der Waals surface area (Å²) in [6.45, 7) is 0.556. The molecule has 1 saturated heterocycles. The molecule has 3 aromatic rings. The van der Waals surface area contributed by atoms with Crippen molar-refractivity contribution in [2.75, 3.05) is 19.8 Å². The molecule has 1 fully saturated rings. The fraction of sp³-hybridized carbons (Fsp3) is 0.308. The second-order valence-electron chi connectivity index (χ2n) is 9.18. The topological polar surface area (TPSA) is 71.1 Å². The lowest BCUT2D eigenvalue weighted by Crippen LogP contribution is -2.21. The Balaban J connectivity index is 1.50. The molecule has 2 unspecified atom stereocenters. The van der Waals surface area contributed by atoms with Crippen molar-refractivity contribution >= 4 is 10.1 Å². The van der Waals surface area contributed by atoms with Crippen LogP contribution >= 0.6 is 0 Å². The van der Waals surface area contributed by atoms with Gasteiger partial charge in [0, 0.05) is 29.5 Å². The van der Waals surface area contributed by atoms with E-state index in [2.05, 4.69) is 4.18 Å². The molecule has 0 saturated carbocycles. The monoisotopic (exact) mass is 610 g/mol. The average Bonchev–Trinajstić information content (AvgIpc) is 3.45. The minimum Gasteiger partial charge on any atom is -0.493 e. The highest BCUT2D eigenvalue weighted by atomic mass is 32.2. The zero-order valence-corrected chi connectivity index (χ0v) is 21.4. The zero-order valence-electron chi connectivity index (χ0n) is 20.5. The van der Waals surface area contributed by atoms with Crippen molar-refractivity contribution in [1.82, 2.24) is 0 Å². The summed E-state index contributed by atoms with van der Waals surface area (Å²) in [5, 5.41) is 0. The normalized spacial score (nSPS) is 19.0. The standard InChI is InChI=1S/C26H18F8O6S/c27-20-21(28)23(30)25(24(31)22(20)29)40-41(35,36)14-2-4-16-15(6-8-38-18(16)10-14)17-3-1-12(26(32,33)34)9-19(17)39-13-5-7-37-11-13/h1-4,9-10,13,15H,5-8,11H2. The number of fused-ring (bicyclic) bond motifs is 1. The van der Waals surface area contributed by atoms with Gasteiger partial charge in [-0.05, 0) is 24.6 Å². The van der Waals surface area contributed by atoms with E-state index in [-0.39, 0.29) is 31.1 Å². The largest absolute Gasteiger partial charge is 0.493 e. The summed E-state index contributed by atoms with van der Waals surface area (Å²) in [6, 6.07) is 6.12. The molecule has 0 bridgehead atoms. The maximum absolute atomic E-state index is 14.0. The van der Waals surface area contributed by atoms with Gasteiger partial charge in [-0.2, -0.15) is 30.4 Å². The number of ether oxygens (including phenoxy) is 3. The van der Waals surface area contributed by atoms with E-state index in [0.29, 0.717) is 24.2 Å². The highest BCUT2D eigenvalue weighted by Gasteiger charge is 2.35. The van der Waals surface area contributed by atoms with Gasteiger partial charge >= 0.3 is 16.3 Å². The van der Waals surface area contributed by atoms with Crippen molar-refractivity contribution in [3.05, 3.63) is 82.2 Å². The molecular formula is C26H18F8O6S. The van der Waals surface area contributed by atoms with Crippen LogP contribution in [0.15, 0.2) is 41.3 Å². The molecule has 220 valence electrons. The molecule has 0 amide bonds. The molecule has 3 aromatic carbocycles. The minimum absolute atomic E-state index is 0.00727. The summed E-state index contributed by atoms with van der Waals surface area (Å²) in [6.07, 6.45) is -4.40. The first-order chi connectivity index (χ1) is 19.3. The van der Waals surface area contributed by atoms with Crippen molar-refractivity contribution in [1.29, 1.82) is 0 Å². The van der Waals surface area contributed by atoms with Crippen molar-refractivity contribution in [3.8, 4) is 17.2 Å². The summed E-state index contributed by atoms with van der Waals surface area (Å²) in [5.41, 5.74) is -0.226. The van der Waals surface area contributed by atoms with Crippen LogP contribution in [0.5, 0.6) is 17.2 Å². The third kappa shape index (κ3) is 5.52. The Labute approximate surface area is 227 Å². The molecule has 2 aliphatic rings. The quantitative estimate of drug-likeness (QED) is 0.142. The molecule has 15 heteroatoms. The van der Waals surface area contributed by atoms with Gasteiger partial charge in [0.25, 0.3) is 0 Å². The van der Waals surface area contributed by atoms with Crippen molar-refractivity contribution in [2.24, 2.45) is 0 Å². The Bertz CT molecular complexity index is 1570. The predicted octanol–water partition coefficient (Wildman–Crippen LogP) is 6.25. The molecule has 2 atom stereocenters. The van der Waals surface area contributed by atoms with Gasteiger partial charge in [0.1, 0.15) is 22.5 Å². The van der Waals surface area contributed by atoms with Crippen LogP contribution in [0.4, 0.5) is 35.1 Å². The van der Waals surface area contributed by atoms with Gasteiger partial charge in [0.15, 0.2) is 0 Å². The van der Waals surface area contributed by atoms with Crippen LogP contribution in [-0.4, -0.2) is 34.3 Å². The van der Waals surface area contributed by atoms with Crippen LogP contribution < -0.4 is 13.7 Å². The highest BCUT2D eigenvalue weighted by Crippen LogP contribution is 2.45. The van der Waals surface area contributed by atoms with Crippen LogP contribution in [0, 0.1) is 29.1 Å². The van der Waals surface area contributed by atoms with Gasteiger partial charge in [-0.15, -0.1) is 0 Å². The summed E-state index contributed by atoms with van der Waals surface area (Å²) in [7, 11) is -5.15. The maximum atomic E-state index is 14.0. The number of halogens is 8. The number of benzene rings is 3. The smallest absolute Gasteiger partial charge is 0.416 e. The summed E-state index contributed by atoms with van der Waals surface area (Å²) in [4.78, 5) is -0.743. The minimum atomic E-state index is -5.15. The Morgan fingerprint density at radius 1 is 0.805 bits per heavy atom. The molecule has 2 aliphatic heterocycles. The van der Waals surface area contributed by atoms with Crippen LogP contribution in [0.1, 0.15) is 35.4 Å². The molecule has 6 nitrogen and oxygen atoms in total. The van der Waals surface area contributed by atoms with Crippen LogP contribution in [0.25, 0.3) is 0 Å². The molecule has 0 radical (unpaired) electrons. The molecule has 0 aliphatic carbocycles. The van der Waals surface area contributed by atoms with Crippen LogP contribution in [-0.2, 0) is 21.0 Å². The Kier molecular flexibility index (Phi) is 7.53. The third-order valence-corrected chi connectivity index (χ3v) is 7.79. The van der Waals surface area contributed by atoms with E-state index in [0.717, 1.165) is 24.3 Å². The van der Waals surface area contributed by atoms with E-state index in [1.54, 1.807) is 0 Å². The van der Waals surface area contributed by atoms with Gasteiger partial charge in [-0.1, -0.05) is 12.1 Å². The first kappa shape index (κ1) is 28.9. The molecular weight excluding hydrogens is 592 g/mol. The lowest BCUT2D eigenvalue weighted by molar-refractivity contribution is -0.137.